The van der Waals surface area contributed by atoms with E-state index in [4.69, 9.17) is 5.73 Å². The van der Waals surface area contributed by atoms with Gasteiger partial charge in [0.05, 0.1) is 6.04 Å². The minimum Gasteiger partial charge on any atom is -0.398 e. The Bertz CT molecular complexity index is 372. The number of nitrogen functional groups attached to an aromatic ring is 1. The fourth-order valence-electron chi connectivity index (χ4n) is 1.91. The molecule has 4 heteroatoms. The Morgan fingerprint density at radius 1 is 1.50 bits per heavy atom. The van der Waals surface area contributed by atoms with Gasteiger partial charge in [0.2, 0.25) is 5.91 Å². The monoisotopic (exact) mass is 219 g/mol. The second kappa shape index (κ2) is 4.99. The molecule has 0 aromatic heterocycles. The summed E-state index contributed by atoms with van der Waals surface area (Å²) in [5.41, 5.74) is 7.48. The van der Waals surface area contributed by atoms with Gasteiger partial charge in [-0.05, 0) is 31.0 Å². The molecular formula is C12H17N3O. The molecule has 0 spiro atoms. The first-order valence-electron chi connectivity index (χ1n) is 5.62. The number of benzene rings is 1. The summed E-state index contributed by atoms with van der Waals surface area (Å²) in [4.78, 5) is 11.7. The summed E-state index contributed by atoms with van der Waals surface area (Å²) in [6.45, 7) is 1.44. The van der Waals surface area contributed by atoms with Crippen LogP contribution in [-0.4, -0.2) is 18.5 Å². The van der Waals surface area contributed by atoms with Crippen molar-refractivity contribution in [2.24, 2.45) is 0 Å². The van der Waals surface area contributed by atoms with E-state index >= 15 is 0 Å². The number of para-hydroxylation sites is 1. The van der Waals surface area contributed by atoms with E-state index in [1.54, 1.807) is 0 Å². The van der Waals surface area contributed by atoms with Crippen LogP contribution in [-0.2, 0) is 11.3 Å². The van der Waals surface area contributed by atoms with Crippen LogP contribution in [0.4, 0.5) is 5.69 Å². The zero-order valence-corrected chi connectivity index (χ0v) is 9.20. The molecule has 1 aliphatic heterocycles. The molecule has 1 aromatic rings. The zero-order valence-electron chi connectivity index (χ0n) is 9.20. The fourth-order valence-corrected chi connectivity index (χ4v) is 1.91. The first kappa shape index (κ1) is 11.0. The van der Waals surface area contributed by atoms with Crippen molar-refractivity contribution < 1.29 is 4.79 Å². The summed E-state index contributed by atoms with van der Waals surface area (Å²) in [5.74, 6) is 0.0701. The maximum atomic E-state index is 11.7. The summed E-state index contributed by atoms with van der Waals surface area (Å²) in [6.07, 6.45) is 2.00. The molecule has 1 amide bonds. The topological polar surface area (TPSA) is 67.1 Å². The maximum Gasteiger partial charge on any atom is 0.237 e. The molecule has 1 unspecified atom stereocenters. The van der Waals surface area contributed by atoms with Gasteiger partial charge in [0.1, 0.15) is 0 Å². The smallest absolute Gasteiger partial charge is 0.237 e. The van der Waals surface area contributed by atoms with Gasteiger partial charge in [0.25, 0.3) is 0 Å². The van der Waals surface area contributed by atoms with E-state index in [9.17, 15) is 4.79 Å². The Kier molecular flexibility index (Phi) is 3.41. The van der Waals surface area contributed by atoms with Crippen LogP contribution in [0.2, 0.25) is 0 Å². The van der Waals surface area contributed by atoms with Crippen molar-refractivity contribution in [1.82, 2.24) is 10.6 Å². The molecule has 0 radical (unpaired) electrons. The maximum absolute atomic E-state index is 11.7. The van der Waals surface area contributed by atoms with Crippen LogP contribution in [0.3, 0.4) is 0 Å². The lowest BCUT2D eigenvalue weighted by molar-refractivity contribution is -0.122. The van der Waals surface area contributed by atoms with Crippen LogP contribution in [0, 0.1) is 0 Å². The SMILES string of the molecule is Nc1ccccc1CNC(=O)C1CCCN1. The summed E-state index contributed by atoms with van der Waals surface area (Å²) < 4.78 is 0. The van der Waals surface area contributed by atoms with E-state index < -0.39 is 0 Å². The van der Waals surface area contributed by atoms with E-state index in [1.807, 2.05) is 24.3 Å². The first-order valence-corrected chi connectivity index (χ1v) is 5.62. The molecule has 0 saturated carbocycles. The van der Waals surface area contributed by atoms with E-state index in [1.165, 1.54) is 0 Å². The lowest BCUT2D eigenvalue weighted by Crippen LogP contribution is -2.40. The molecular weight excluding hydrogens is 202 g/mol. The van der Waals surface area contributed by atoms with E-state index in [0.29, 0.717) is 6.54 Å². The van der Waals surface area contributed by atoms with Crippen molar-refractivity contribution in [2.75, 3.05) is 12.3 Å². The number of amides is 1. The molecule has 1 aliphatic rings. The fraction of sp³-hybridized carbons (Fsp3) is 0.417. The van der Waals surface area contributed by atoms with Gasteiger partial charge < -0.3 is 16.4 Å². The van der Waals surface area contributed by atoms with Crippen molar-refractivity contribution in [3.05, 3.63) is 29.8 Å². The predicted octanol–water partition coefficient (Wildman–Crippen LogP) is 0.637. The van der Waals surface area contributed by atoms with Crippen LogP contribution in [0.5, 0.6) is 0 Å². The van der Waals surface area contributed by atoms with E-state index in [0.717, 1.165) is 30.6 Å². The third-order valence-corrected chi connectivity index (χ3v) is 2.88. The van der Waals surface area contributed by atoms with E-state index in [-0.39, 0.29) is 11.9 Å². The van der Waals surface area contributed by atoms with Crippen molar-refractivity contribution >= 4 is 11.6 Å². The third kappa shape index (κ3) is 2.52. The molecule has 4 nitrogen and oxygen atoms in total. The predicted molar refractivity (Wildman–Crippen MR) is 63.7 cm³/mol. The summed E-state index contributed by atoms with van der Waals surface area (Å²) >= 11 is 0. The highest BCUT2D eigenvalue weighted by Gasteiger charge is 2.21. The molecule has 1 heterocycles. The van der Waals surface area contributed by atoms with Gasteiger partial charge in [-0.2, -0.15) is 0 Å². The second-order valence-corrected chi connectivity index (χ2v) is 4.07. The molecule has 86 valence electrons. The number of hydrogen-bond acceptors (Lipinski definition) is 3. The van der Waals surface area contributed by atoms with E-state index in [2.05, 4.69) is 10.6 Å². The molecule has 1 fully saturated rings. The van der Waals surface area contributed by atoms with Crippen molar-refractivity contribution in [1.29, 1.82) is 0 Å². The lowest BCUT2D eigenvalue weighted by atomic mass is 10.1. The Labute approximate surface area is 95.2 Å². The van der Waals surface area contributed by atoms with Crippen molar-refractivity contribution in [3.8, 4) is 0 Å². The highest BCUT2D eigenvalue weighted by atomic mass is 16.2. The Hall–Kier alpha value is -1.55. The third-order valence-electron chi connectivity index (χ3n) is 2.88. The molecule has 4 N–H and O–H groups in total. The number of nitrogens with one attached hydrogen (secondary N) is 2. The molecule has 2 rings (SSSR count). The molecule has 0 bridgehead atoms. The molecule has 1 aromatic carbocycles. The Balaban J connectivity index is 1.87. The Morgan fingerprint density at radius 3 is 3.00 bits per heavy atom. The van der Waals surface area contributed by atoms with Gasteiger partial charge in [-0.15, -0.1) is 0 Å². The summed E-state index contributed by atoms with van der Waals surface area (Å²) in [5, 5.41) is 6.06. The van der Waals surface area contributed by atoms with Gasteiger partial charge in [-0.1, -0.05) is 18.2 Å². The highest BCUT2D eigenvalue weighted by Crippen LogP contribution is 2.10. The standard InChI is InChI=1S/C12H17N3O/c13-10-5-2-1-4-9(10)8-15-12(16)11-6-3-7-14-11/h1-2,4-5,11,14H,3,6-8,13H2,(H,15,16). The van der Waals surface area contributed by atoms with Gasteiger partial charge in [-0.3, -0.25) is 4.79 Å². The van der Waals surface area contributed by atoms with Crippen LogP contribution < -0.4 is 16.4 Å². The quantitative estimate of drug-likeness (QED) is 0.653. The van der Waals surface area contributed by atoms with Gasteiger partial charge in [0, 0.05) is 12.2 Å². The number of hydrogen-bond donors (Lipinski definition) is 3. The highest BCUT2D eigenvalue weighted by molar-refractivity contribution is 5.82. The number of anilines is 1. The number of nitrogens with two attached hydrogens (primary N) is 1. The molecule has 1 atom stereocenters. The second-order valence-electron chi connectivity index (χ2n) is 4.07. The summed E-state index contributed by atoms with van der Waals surface area (Å²) in [7, 11) is 0. The first-order chi connectivity index (χ1) is 7.77. The molecule has 16 heavy (non-hydrogen) atoms. The van der Waals surface area contributed by atoms with Crippen molar-refractivity contribution in [2.45, 2.75) is 25.4 Å². The number of carbonyl (C=O) groups is 1. The van der Waals surface area contributed by atoms with Crippen LogP contribution in [0.15, 0.2) is 24.3 Å². The zero-order chi connectivity index (χ0) is 11.4. The average molecular weight is 219 g/mol. The number of carbonyl (C=O) groups excluding carboxylic acids is 1. The minimum absolute atomic E-state index is 0.0232. The normalized spacial score (nSPS) is 19.6. The molecule has 0 aliphatic carbocycles. The lowest BCUT2D eigenvalue weighted by Gasteiger charge is -2.12. The van der Waals surface area contributed by atoms with Gasteiger partial charge >= 0.3 is 0 Å². The van der Waals surface area contributed by atoms with Gasteiger partial charge in [0.15, 0.2) is 0 Å². The largest absolute Gasteiger partial charge is 0.398 e. The van der Waals surface area contributed by atoms with Gasteiger partial charge in [-0.25, -0.2) is 0 Å². The van der Waals surface area contributed by atoms with Crippen LogP contribution in [0.25, 0.3) is 0 Å². The minimum atomic E-state index is -0.0232. The Morgan fingerprint density at radius 2 is 2.31 bits per heavy atom. The van der Waals surface area contributed by atoms with Crippen LogP contribution >= 0.6 is 0 Å². The molecule has 1 saturated heterocycles. The summed E-state index contributed by atoms with van der Waals surface area (Å²) in [6, 6.07) is 7.56. The number of rotatable bonds is 3. The van der Waals surface area contributed by atoms with Crippen molar-refractivity contribution in [3.63, 3.8) is 0 Å². The average Bonchev–Trinajstić information content (AvgIpc) is 2.81. The van der Waals surface area contributed by atoms with Crippen LogP contribution in [0.1, 0.15) is 18.4 Å².